The third kappa shape index (κ3) is 17.1. The predicted molar refractivity (Wildman–Crippen MR) is 347 cm³/mol. The van der Waals surface area contributed by atoms with E-state index in [1.807, 2.05) is 108 Å². The number of halogens is 3. The number of thioether (sulfide) groups is 1. The van der Waals surface area contributed by atoms with Gasteiger partial charge in [0, 0.05) is 75.8 Å². The van der Waals surface area contributed by atoms with Crippen LogP contribution in [0.5, 0.6) is 5.75 Å². The molecule has 0 radical (unpaired) electrons. The molecule has 0 aliphatic carbocycles. The van der Waals surface area contributed by atoms with E-state index in [-0.39, 0.29) is 37.5 Å². The number of hydrogen-bond acceptors (Lipinski definition) is 12. The molecule has 0 saturated heterocycles. The first-order chi connectivity index (χ1) is 39.0. The first-order valence-corrected chi connectivity index (χ1v) is 34.2. The molecule has 3 N–H and O–H groups in total. The lowest BCUT2D eigenvalue weighted by atomic mass is 10.00. The summed E-state index contributed by atoms with van der Waals surface area (Å²) in [5, 5.41) is 7.72. The number of anilines is 2. The molecule has 0 atom stereocenters. The molecule has 0 spiro atoms. The summed E-state index contributed by atoms with van der Waals surface area (Å²) >= 11 is 23.8. The Bertz CT molecular complexity index is 4180. The van der Waals surface area contributed by atoms with Crippen molar-refractivity contribution in [2.24, 2.45) is 0 Å². The van der Waals surface area contributed by atoms with Gasteiger partial charge in [0.15, 0.2) is 18.1 Å². The lowest BCUT2D eigenvalue weighted by molar-refractivity contribution is -0.693. The summed E-state index contributed by atoms with van der Waals surface area (Å²) in [5.74, 6) is 0.270. The second-order valence-corrected chi connectivity index (χ2v) is 28.0. The fourth-order valence-electron chi connectivity index (χ4n) is 9.27. The second-order valence-electron chi connectivity index (χ2n) is 18.9. The minimum atomic E-state index is -4.13. The highest BCUT2D eigenvalue weighted by molar-refractivity contribution is 8.04. The van der Waals surface area contributed by atoms with Crippen molar-refractivity contribution in [3.8, 4) is 5.75 Å². The molecule has 2 aliphatic rings. The molecule has 0 bridgehead atoms. The van der Waals surface area contributed by atoms with Crippen molar-refractivity contribution >= 4 is 154 Å². The van der Waals surface area contributed by atoms with Gasteiger partial charge in [0.2, 0.25) is 5.88 Å². The number of pyridine rings is 1. The molecular weight excluding hydrogens is 1230 g/mol. The number of benzene rings is 6. The molecule has 0 amide bonds. The number of thiophene rings is 2. The molecule has 9 aromatic rings. The molecule has 2 aliphatic heterocycles. The van der Waals surface area contributed by atoms with Crippen LogP contribution in [0.25, 0.3) is 43.1 Å². The molecule has 13 nitrogen and oxygen atoms in total. The monoisotopic (exact) mass is 1290 g/mol. The zero-order chi connectivity index (χ0) is 58.9. The van der Waals surface area contributed by atoms with Crippen LogP contribution in [0.15, 0.2) is 167 Å². The summed E-state index contributed by atoms with van der Waals surface area (Å²) in [5.41, 5.74) is 5.15. The summed E-state index contributed by atoms with van der Waals surface area (Å²) in [7, 11) is -12.3. The third-order valence-electron chi connectivity index (χ3n) is 13.1. The summed E-state index contributed by atoms with van der Waals surface area (Å²) in [6.45, 7) is 10.6. The molecule has 83 heavy (non-hydrogen) atoms. The highest BCUT2D eigenvalue weighted by Gasteiger charge is 2.29. The number of fused-ring (bicyclic) bond motifs is 6. The SMILES string of the molecule is C.CC[n+]1ccccc1.CCc1c(C=C2Sc3ccc(Cl)cc3N2CC)sc2ccc(Cl)cc12.Cc1ccc(S(=O)(=O)O)cc1.O=S(=O)(O)CCCc1c(C=C2Oc3ccc(Cl)cc3N2CCCS(=O)(=O)O)sc2ccc3ccccc3c12. The average molecular weight is 1300 g/mol. The molecule has 5 heterocycles. The second kappa shape index (κ2) is 28.6. The number of ether oxygens (including phenoxy) is 1. The molecule has 11 rings (SSSR count). The number of hydrogen-bond donors (Lipinski definition) is 3. The molecule has 6 aromatic carbocycles. The minimum absolute atomic E-state index is 0. The zero-order valence-corrected chi connectivity index (χ0v) is 52.2. The molecule has 3 aromatic heterocycles. The maximum atomic E-state index is 11.4. The van der Waals surface area contributed by atoms with Gasteiger partial charge in [-0.15, -0.1) is 22.7 Å². The fourth-order valence-corrected chi connectivity index (χ4v) is 14.9. The van der Waals surface area contributed by atoms with Gasteiger partial charge in [0.05, 0.1) is 32.8 Å². The van der Waals surface area contributed by atoms with Crippen LogP contribution < -0.4 is 19.1 Å². The Hall–Kier alpha value is -5.52. The number of rotatable bonds is 14. The molecular formula is C61H63Cl3N3O10S6+. The third-order valence-corrected chi connectivity index (χ3v) is 19.7. The zero-order valence-electron chi connectivity index (χ0n) is 45.0. The van der Waals surface area contributed by atoms with Crippen molar-refractivity contribution < 1.29 is 48.2 Å². The first-order valence-electron chi connectivity index (χ1n) is 26.0. The lowest BCUT2D eigenvalue weighted by Gasteiger charge is -2.18. The summed E-state index contributed by atoms with van der Waals surface area (Å²) in [6.07, 6.45) is 10.1. The van der Waals surface area contributed by atoms with Crippen LogP contribution in [0.1, 0.15) is 67.5 Å². The van der Waals surface area contributed by atoms with Crippen molar-refractivity contribution in [2.75, 3.05) is 34.4 Å². The van der Waals surface area contributed by atoms with Gasteiger partial charge >= 0.3 is 0 Å². The topological polar surface area (TPSA) is 183 Å². The van der Waals surface area contributed by atoms with Gasteiger partial charge < -0.3 is 14.5 Å². The number of aryl methyl sites for hydroxylation is 4. The highest BCUT2D eigenvalue weighted by Crippen LogP contribution is 2.49. The quantitative estimate of drug-likeness (QED) is 0.0691. The Morgan fingerprint density at radius 2 is 1.24 bits per heavy atom. The maximum absolute atomic E-state index is 11.4. The Kier molecular flexibility index (Phi) is 22.4. The summed E-state index contributed by atoms with van der Waals surface area (Å²) in [6, 6.07) is 41.6. The molecule has 22 heteroatoms. The van der Waals surface area contributed by atoms with Gasteiger partial charge in [-0.25, -0.2) is 4.57 Å². The van der Waals surface area contributed by atoms with Crippen LogP contribution in [0, 0.1) is 6.92 Å². The van der Waals surface area contributed by atoms with Crippen LogP contribution >= 0.6 is 69.2 Å². The van der Waals surface area contributed by atoms with Crippen molar-refractivity contribution in [2.45, 2.75) is 77.1 Å². The largest absolute Gasteiger partial charge is 0.439 e. The molecule has 438 valence electrons. The van der Waals surface area contributed by atoms with Crippen LogP contribution in [-0.2, 0) is 49.7 Å². The molecule has 0 unspecified atom stereocenters. The number of aromatic nitrogens is 1. The van der Waals surface area contributed by atoms with Crippen LogP contribution in [0.2, 0.25) is 15.1 Å². The molecule has 0 saturated carbocycles. The van der Waals surface area contributed by atoms with Gasteiger partial charge in [-0.1, -0.05) is 115 Å². The molecule has 0 fully saturated rings. The Balaban J connectivity index is 0.000000186. The van der Waals surface area contributed by atoms with Crippen molar-refractivity contribution in [3.63, 3.8) is 0 Å². The van der Waals surface area contributed by atoms with Crippen molar-refractivity contribution in [3.05, 3.63) is 198 Å². The van der Waals surface area contributed by atoms with E-state index >= 15 is 0 Å². The fraction of sp³-hybridized carbons (Fsp3) is 0.230. The van der Waals surface area contributed by atoms with Gasteiger partial charge in [-0.2, -0.15) is 25.3 Å². The first kappa shape index (κ1) is 65.0. The van der Waals surface area contributed by atoms with Crippen LogP contribution in [-0.4, -0.2) is 63.5 Å². The van der Waals surface area contributed by atoms with E-state index in [1.165, 1.54) is 59.6 Å². The van der Waals surface area contributed by atoms with Gasteiger partial charge in [0.1, 0.15) is 6.54 Å². The van der Waals surface area contributed by atoms with E-state index in [1.54, 1.807) is 30.3 Å². The van der Waals surface area contributed by atoms with Crippen LogP contribution in [0.4, 0.5) is 11.4 Å². The van der Waals surface area contributed by atoms with E-state index in [0.717, 1.165) is 66.4 Å². The maximum Gasteiger partial charge on any atom is 0.294 e. The van der Waals surface area contributed by atoms with E-state index < -0.39 is 36.1 Å². The standard InChI is InChI=1S/C26H24ClNO7S3.C20H17Cl2NS2.C7H10N.C7H8O3S.CH4/c27-18-9-10-22-21(15-18)28(12-4-14-38(32,33)34)25(35-22)16-24-20(7-3-13-37(29,30)31)26-19-6-2-1-5-17(19)8-11-23(26)36-24;1-3-14-15-9-12(21)5-7-17(15)24-19(14)11-20-23(4-2)16-10-13(22)6-8-18(16)25-20;1-2-8-6-4-3-5-7-8;1-6-2-4-7(5-3-6)11(8,9)10;/h1-2,5-6,8-11,15-16H,3-4,7,12-14H2,(H,29,30,31)(H,32,33,34);5-11H,3-4H2,1-2H3;3-7H,2H2,1H3;2-5H,1H3,(H,8,9,10);1H4/q;;+1;;. The Morgan fingerprint density at radius 3 is 1.89 bits per heavy atom. The van der Waals surface area contributed by atoms with E-state index in [0.29, 0.717) is 28.8 Å². The Morgan fingerprint density at radius 1 is 0.627 bits per heavy atom. The minimum Gasteiger partial charge on any atom is -0.439 e. The Labute approximate surface area is 513 Å². The average Bonchev–Trinajstić information content (AvgIpc) is 4.21. The lowest BCUT2D eigenvalue weighted by Crippen LogP contribution is -2.30. The van der Waals surface area contributed by atoms with Gasteiger partial charge in [0.25, 0.3) is 30.4 Å². The number of nitrogens with zero attached hydrogens (tertiary/aromatic N) is 3. The van der Waals surface area contributed by atoms with Gasteiger partial charge in [-0.3, -0.25) is 13.7 Å². The van der Waals surface area contributed by atoms with Crippen molar-refractivity contribution in [1.82, 2.24) is 0 Å². The summed E-state index contributed by atoms with van der Waals surface area (Å²) in [4.78, 5) is 7.53. The van der Waals surface area contributed by atoms with Crippen LogP contribution in [0.3, 0.4) is 0 Å². The predicted octanol–water partition coefficient (Wildman–Crippen LogP) is 16.6. The van der Waals surface area contributed by atoms with E-state index in [2.05, 4.69) is 73.0 Å². The normalized spacial score (nSPS) is 13.9. The summed E-state index contributed by atoms with van der Waals surface area (Å²) < 4.78 is 104. The smallest absolute Gasteiger partial charge is 0.294 e. The van der Waals surface area contributed by atoms with E-state index in [9.17, 15) is 34.4 Å². The van der Waals surface area contributed by atoms with Gasteiger partial charge in [-0.05, 0) is 153 Å². The van der Waals surface area contributed by atoms with Crippen molar-refractivity contribution in [1.29, 1.82) is 0 Å². The van der Waals surface area contributed by atoms with E-state index in [4.69, 9.17) is 44.1 Å². The highest BCUT2D eigenvalue weighted by atomic mass is 35.5.